The highest BCUT2D eigenvalue weighted by atomic mass is 16.5. The number of carboxylic acid groups (broad SMARTS) is 1. The second-order valence-electron chi connectivity index (χ2n) is 8.98. The maximum atomic E-state index is 13.1. The lowest BCUT2D eigenvalue weighted by molar-refractivity contribution is -0.141. The third kappa shape index (κ3) is 5.65. The first-order chi connectivity index (χ1) is 16.4. The van der Waals surface area contributed by atoms with E-state index in [9.17, 15) is 9.59 Å². The van der Waals surface area contributed by atoms with Crippen LogP contribution >= 0.6 is 0 Å². The molecule has 7 nitrogen and oxygen atoms in total. The van der Waals surface area contributed by atoms with Gasteiger partial charge >= 0.3 is 5.97 Å². The van der Waals surface area contributed by atoms with Gasteiger partial charge < -0.3 is 14.7 Å². The predicted molar refractivity (Wildman–Crippen MR) is 128 cm³/mol. The Labute approximate surface area is 200 Å². The van der Waals surface area contributed by atoms with Gasteiger partial charge in [-0.25, -0.2) is 0 Å². The number of aromatic nitrogens is 2. The van der Waals surface area contributed by atoms with Crippen LogP contribution in [0.1, 0.15) is 48.2 Å². The van der Waals surface area contributed by atoms with Crippen molar-refractivity contribution in [2.45, 2.75) is 52.3 Å². The maximum Gasteiger partial charge on any atom is 0.308 e. The van der Waals surface area contributed by atoms with Gasteiger partial charge in [-0.05, 0) is 54.7 Å². The molecule has 0 radical (unpaired) electrons. The summed E-state index contributed by atoms with van der Waals surface area (Å²) in [6, 6.07) is 17.7. The van der Waals surface area contributed by atoms with Crippen molar-refractivity contribution < 1.29 is 19.4 Å². The zero-order valence-electron chi connectivity index (χ0n) is 19.7. The van der Waals surface area contributed by atoms with Crippen LogP contribution in [0.5, 0.6) is 5.75 Å². The van der Waals surface area contributed by atoms with Gasteiger partial charge in [0.05, 0.1) is 30.6 Å². The molecule has 1 saturated heterocycles. The first kappa shape index (κ1) is 23.5. The summed E-state index contributed by atoms with van der Waals surface area (Å²) < 4.78 is 7.57. The van der Waals surface area contributed by atoms with Crippen LogP contribution in [0.3, 0.4) is 0 Å². The number of carbonyl (C=O) groups is 2. The summed E-state index contributed by atoms with van der Waals surface area (Å²) in [5, 5.41) is 13.7. The van der Waals surface area contributed by atoms with E-state index in [1.54, 1.807) is 17.8 Å². The van der Waals surface area contributed by atoms with Gasteiger partial charge in [-0.2, -0.15) is 5.10 Å². The van der Waals surface area contributed by atoms with Crippen molar-refractivity contribution in [2.24, 2.45) is 5.92 Å². The van der Waals surface area contributed by atoms with Crippen LogP contribution in [-0.2, 0) is 29.2 Å². The monoisotopic (exact) mass is 461 g/mol. The van der Waals surface area contributed by atoms with Crippen LogP contribution in [-0.4, -0.2) is 38.2 Å². The molecule has 1 amide bonds. The Hall–Kier alpha value is -3.61. The molecule has 1 fully saturated rings. The Kier molecular flexibility index (Phi) is 7.30. The third-order valence-corrected chi connectivity index (χ3v) is 6.39. The Morgan fingerprint density at radius 1 is 1.15 bits per heavy atom. The van der Waals surface area contributed by atoms with E-state index < -0.39 is 11.9 Å². The molecule has 2 unspecified atom stereocenters. The van der Waals surface area contributed by atoms with Gasteiger partial charge in [0.25, 0.3) is 0 Å². The van der Waals surface area contributed by atoms with Gasteiger partial charge in [-0.3, -0.25) is 14.3 Å². The maximum absolute atomic E-state index is 13.1. The van der Waals surface area contributed by atoms with Crippen molar-refractivity contribution in [3.05, 3.63) is 83.2 Å². The number of amides is 1. The van der Waals surface area contributed by atoms with Crippen molar-refractivity contribution in [1.82, 2.24) is 14.7 Å². The quantitative estimate of drug-likeness (QED) is 0.511. The molecule has 2 atom stereocenters. The van der Waals surface area contributed by atoms with Crippen LogP contribution in [0.4, 0.5) is 0 Å². The summed E-state index contributed by atoms with van der Waals surface area (Å²) in [5.41, 5.74) is 4.12. The molecule has 0 spiro atoms. The molecule has 2 heterocycles. The largest absolute Gasteiger partial charge is 0.489 e. The Bertz CT molecular complexity index is 1140. The van der Waals surface area contributed by atoms with Crippen LogP contribution in [0, 0.1) is 12.8 Å². The number of rotatable bonds is 9. The summed E-state index contributed by atoms with van der Waals surface area (Å²) in [6.45, 7) is 5.26. The fourth-order valence-electron chi connectivity index (χ4n) is 4.30. The molecule has 0 saturated carbocycles. The van der Waals surface area contributed by atoms with Crippen LogP contribution in [0.25, 0.3) is 0 Å². The number of carboxylic acids is 1. The number of hydrogen-bond acceptors (Lipinski definition) is 4. The number of carbonyl (C=O) groups excluding carboxylic acids is 1. The van der Waals surface area contributed by atoms with E-state index in [1.165, 1.54) is 5.56 Å². The molecule has 0 aliphatic carbocycles. The zero-order valence-corrected chi connectivity index (χ0v) is 19.7. The highest BCUT2D eigenvalue weighted by Crippen LogP contribution is 2.31. The summed E-state index contributed by atoms with van der Waals surface area (Å²) in [7, 11) is 0. The van der Waals surface area contributed by atoms with Crippen molar-refractivity contribution >= 4 is 11.9 Å². The minimum atomic E-state index is -0.846. The molecule has 0 bridgehead atoms. The molecule has 1 aromatic heterocycles. The Morgan fingerprint density at radius 3 is 2.65 bits per heavy atom. The number of benzene rings is 2. The van der Waals surface area contributed by atoms with E-state index in [-0.39, 0.29) is 11.9 Å². The average Bonchev–Trinajstić information content (AvgIpc) is 3.49. The molecule has 1 aliphatic heterocycles. The summed E-state index contributed by atoms with van der Waals surface area (Å²) in [6.07, 6.45) is 3.92. The topological polar surface area (TPSA) is 84.7 Å². The van der Waals surface area contributed by atoms with E-state index >= 15 is 0 Å². The summed E-state index contributed by atoms with van der Waals surface area (Å²) in [4.78, 5) is 26.1. The first-order valence-electron chi connectivity index (χ1n) is 11.7. The molecule has 34 heavy (non-hydrogen) atoms. The van der Waals surface area contributed by atoms with E-state index in [2.05, 4.69) is 24.2 Å². The number of hydrogen-bond donors (Lipinski definition) is 1. The van der Waals surface area contributed by atoms with Gasteiger partial charge in [0.1, 0.15) is 12.4 Å². The van der Waals surface area contributed by atoms with Gasteiger partial charge in [0.2, 0.25) is 5.91 Å². The van der Waals surface area contributed by atoms with E-state index in [0.717, 1.165) is 35.4 Å². The van der Waals surface area contributed by atoms with Gasteiger partial charge in [-0.1, -0.05) is 43.3 Å². The molecule has 2 aromatic carbocycles. The molecular weight excluding hydrogens is 430 g/mol. The van der Waals surface area contributed by atoms with Crippen molar-refractivity contribution in [3.8, 4) is 5.75 Å². The highest BCUT2D eigenvalue weighted by Gasteiger charge is 2.31. The molecule has 4 rings (SSSR count). The summed E-state index contributed by atoms with van der Waals surface area (Å²) in [5.74, 6) is -0.511. The first-order valence-corrected chi connectivity index (χ1v) is 11.7. The number of aryl methyl sites for hydroxylation is 1. The normalized spacial score (nSPS) is 16.4. The van der Waals surface area contributed by atoms with Gasteiger partial charge in [0.15, 0.2) is 0 Å². The van der Waals surface area contributed by atoms with Gasteiger partial charge in [0, 0.05) is 12.7 Å². The van der Waals surface area contributed by atoms with Crippen molar-refractivity contribution in [1.29, 1.82) is 0 Å². The smallest absolute Gasteiger partial charge is 0.308 e. The average molecular weight is 462 g/mol. The number of ether oxygens (including phenoxy) is 1. The number of nitrogens with zero attached hydrogens (tertiary/aromatic N) is 3. The van der Waals surface area contributed by atoms with Crippen molar-refractivity contribution in [3.63, 3.8) is 0 Å². The molecular formula is C27H31N3O4. The second-order valence-corrected chi connectivity index (χ2v) is 8.98. The van der Waals surface area contributed by atoms with E-state index in [0.29, 0.717) is 26.1 Å². The van der Waals surface area contributed by atoms with Crippen LogP contribution < -0.4 is 4.74 Å². The third-order valence-electron chi connectivity index (χ3n) is 6.39. The van der Waals surface area contributed by atoms with Gasteiger partial charge in [-0.15, -0.1) is 0 Å². The van der Waals surface area contributed by atoms with Crippen LogP contribution in [0.2, 0.25) is 0 Å². The lowest BCUT2D eigenvalue weighted by atomic mass is 10.1. The fraction of sp³-hybridized carbons (Fsp3) is 0.370. The number of aliphatic carboxylic acids is 1. The number of likely N-dealkylation sites (tertiary alicyclic amines) is 1. The fourth-order valence-corrected chi connectivity index (χ4v) is 4.30. The molecule has 1 aliphatic rings. The molecule has 1 N–H and O–H groups in total. The van der Waals surface area contributed by atoms with Crippen LogP contribution in [0.15, 0.2) is 60.8 Å². The minimum Gasteiger partial charge on any atom is -0.489 e. The molecule has 7 heteroatoms. The lowest BCUT2D eigenvalue weighted by Gasteiger charge is -2.23. The predicted octanol–water partition coefficient (Wildman–Crippen LogP) is 4.40. The lowest BCUT2D eigenvalue weighted by Crippen LogP contribution is -2.32. The van der Waals surface area contributed by atoms with E-state index in [4.69, 9.17) is 9.84 Å². The van der Waals surface area contributed by atoms with Crippen molar-refractivity contribution in [2.75, 3.05) is 6.54 Å². The zero-order chi connectivity index (χ0) is 24.1. The molecule has 178 valence electrons. The minimum absolute atomic E-state index is 0.0643. The summed E-state index contributed by atoms with van der Waals surface area (Å²) >= 11 is 0. The Morgan fingerprint density at radius 2 is 1.91 bits per heavy atom. The Balaban J connectivity index is 1.34. The molecule has 3 aromatic rings. The second kappa shape index (κ2) is 10.5. The SMILES string of the molecule is Cc1ccccc1COc1ccc(CC(=O)N2CCCC2c2ccn(CC(C)C(=O)O)n2)cc1. The van der Waals surface area contributed by atoms with E-state index in [1.807, 2.05) is 47.4 Å². The standard InChI is InChI=1S/C27H31N3O4/c1-19-6-3-4-7-22(19)18-34-23-11-9-21(10-12-23)16-26(31)30-14-5-8-25(30)24-13-15-29(28-24)17-20(2)27(32)33/h3-4,6-7,9-13,15,20,25H,5,8,14,16-18H2,1-2H3,(H,32,33). The highest BCUT2D eigenvalue weighted by molar-refractivity contribution is 5.79.